The van der Waals surface area contributed by atoms with E-state index in [1.54, 1.807) is 0 Å². The van der Waals surface area contributed by atoms with Crippen LogP contribution in [-0.4, -0.2) is 13.2 Å². The first-order valence-corrected chi connectivity index (χ1v) is 10.5. The molecule has 2 atom stereocenters. The number of anilines is 2. The molecule has 0 aromatic heterocycles. The second-order valence-corrected chi connectivity index (χ2v) is 7.38. The Morgan fingerprint density at radius 3 is 1.42 bits per heavy atom. The van der Waals surface area contributed by atoms with Crippen molar-refractivity contribution in [3.63, 3.8) is 0 Å². The highest BCUT2D eigenvalue weighted by molar-refractivity contribution is 5.67. The molecule has 1 aromatic rings. The summed E-state index contributed by atoms with van der Waals surface area (Å²) in [6, 6.07) is 3.62. The Labute approximate surface area is 160 Å². The van der Waals surface area contributed by atoms with Crippen LogP contribution in [0, 0.1) is 11.8 Å². The van der Waals surface area contributed by atoms with E-state index in [4.69, 9.17) is 20.9 Å². The highest BCUT2D eigenvalue weighted by Gasteiger charge is 2.13. The van der Waals surface area contributed by atoms with Crippen LogP contribution in [-0.2, 0) is 0 Å². The highest BCUT2D eigenvalue weighted by atomic mass is 16.5. The Hall–Kier alpha value is -1.58. The van der Waals surface area contributed by atoms with Crippen LogP contribution < -0.4 is 20.9 Å². The summed E-state index contributed by atoms with van der Waals surface area (Å²) in [4.78, 5) is 0. The number of benzene rings is 1. The summed E-state index contributed by atoms with van der Waals surface area (Å²) in [5.41, 5.74) is 13.5. The van der Waals surface area contributed by atoms with Gasteiger partial charge in [-0.2, -0.15) is 0 Å². The standard InChI is InChI=1S/C22H40N2O2/c1-5-9-11-17(7-3)15-25-21-13-20(24)22(14-19(21)23)26-16-18(8-4)12-10-6-2/h13-14,17-18H,5-12,15-16,23-24H2,1-4H3. The van der Waals surface area contributed by atoms with Gasteiger partial charge < -0.3 is 20.9 Å². The predicted molar refractivity (Wildman–Crippen MR) is 113 cm³/mol. The molecule has 4 heteroatoms. The summed E-state index contributed by atoms with van der Waals surface area (Å²) in [6.07, 6.45) is 9.54. The van der Waals surface area contributed by atoms with Gasteiger partial charge in [-0.05, 0) is 24.7 Å². The Morgan fingerprint density at radius 2 is 1.12 bits per heavy atom. The van der Waals surface area contributed by atoms with Crippen molar-refractivity contribution >= 4 is 11.4 Å². The van der Waals surface area contributed by atoms with Gasteiger partial charge in [0.2, 0.25) is 0 Å². The van der Waals surface area contributed by atoms with Crippen LogP contribution in [0.25, 0.3) is 0 Å². The molecule has 0 aliphatic rings. The average Bonchev–Trinajstić information content (AvgIpc) is 2.65. The SMILES string of the molecule is CCCCC(CC)COc1cc(N)c(OCC(CC)CCCC)cc1N. The minimum absolute atomic E-state index is 0.565. The second-order valence-electron chi connectivity index (χ2n) is 7.38. The van der Waals surface area contributed by atoms with E-state index in [2.05, 4.69) is 27.7 Å². The van der Waals surface area contributed by atoms with Crippen LogP contribution in [0.5, 0.6) is 11.5 Å². The maximum Gasteiger partial charge on any atom is 0.144 e. The summed E-state index contributed by atoms with van der Waals surface area (Å²) in [5.74, 6) is 2.47. The molecule has 0 heterocycles. The topological polar surface area (TPSA) is 70.5 Å². The van der Waals surface area contributed by atoms with Crippen molar-refractivity contribution in [1.29, 1.82) is 0 Å². The lowest BCUT2D eigenvalue weighted by atomic mass is 10.0. The van der Waals surface area contributed by atoms with Gasteiger partial charge in [0.05, 0.1) is 24.6 Å². The summed E-state index contributed by atoms with van der Waals surface area (Å²) in [7, 11) is 0. The zero-order chi connectivity index (χ0) is 19.4. The average molecular weight is 365 g/mol. The van der Waals surface area contributed by atoms with Gasteiger partial charge in [-0.3, -0.25) is 0 Å². The highest BCUT2D eigenvalue weighted by Crippen LogP contribution is 2.34. The minimum Gasteiger partial charge on any atom is -0.491 e. The molecule has 0 bridgehead atoms. The molecule has 150 valence electrons. The Bertz CT molecular complexity index is 459. The van der Waals surface area contributed by atoms with Gasteiger partial charge in [0.25, 0.3) is 0 Å². The van der Waals surface area contributed by atoms with E-state index >= 15 is 0 Å². The molecule has 0 saturated heterocycles. The van der Waals surface area contributed by atoms with E-state index in [0.29, 0.717) is 47.9 Å². The van der Waals surface area contributed by atoms with Gasteiger partial charge in [0.15, 0.2) is 0 Å². The fraction of sp³-hybridized carbons (Fsp3) is 0.727. The maximum atomic E-state index is 6.18. The molecule has 0 amide bonds. The Kier molecular flexibility index (Phi) is 11.0. The molecule has 4 nitrogen and oxygen atoms in total. The molecule has 26 heavy (non-hydrogen) atoms. The van der Waals surface area contributed by atoms with Gasteiger partial charge in [0.1, 0.15) is 11.5 Å². The second kappa shape index (κ2) is 12.7. The molecule has 0 aliphatic heterocycles. The summed E-state index contributed by atoms with van der Waals surface area (Å²) in [6.45, 7) is 10.2. The van der Waals surface area contributed by atoms with Crippen molar-refractivity contribution in [2.45, 2.75) is 79.1 Å². The largest absolute Gasteiger partial charge is 0.491 e. The van der Waals surface area contributed by atoms with Crippen LogP contribution in [0.1, 0.15) is 79.1 Å². The molecule has 0 fully saturated rings. The summed E-state index contributed by atoms with van der Waals surface area (Å²) in [5, 5.41) is 0. The van der Waals surface area contributed by atoms with Crippen LogP contribution in [0.3, 0.4) is 0 Å². The predicted octanol–water partition coefficient (Wildman–Crippen LogP) is 6.04. The van der Waals surface area contributed by atoms with Gasteiger partial charge >= 0.3 is 0 Å². The third kappa shape index (κ3) is 7.76. The Morgan fingerprint density at radius 1 is 0.731 bits per heavy atom. The molecular formula is C22H40N2O2. The van der Waals surface area contributed by atoms with Crippen LogP contribution in [0.4, 0.5) is 11.4 Å². The van der Waals surface area contributed by atoms with Crippen molar-refractivity contribution in [1.82, 2.24) is 0 Å². The summed E-state index contributed by atoms with van der Waals surface area (Å²) >= 11 is 0. The van der Waals surface area contributed by atoms with E-state index < -0.39 is 0 Å². The van der Waals surface area contributed by atoms with Crippen LogP contribution >= 0.6 is 0 Å². The first-order chi connectivity index (χ1) is 12.5. The van der Waals surface area contributed by atoms with Gasteiger partial charge in [-0.1, -0.05) is 66.2 Å². The minimum atomic E-state index is 0.565. The van der Waals surface area contributed by atoms with Crippen molar-refractivity contribution in [2.75, 3.05) is 24.7 Å². The molecule has 1 aromatic carbocycles. The maximum absolute atomic E-state index is 6.18. The first-order valence-electron chi connectivity index (χ1n) is 10.5. The molecule has 0 aliphatic carbocycles. The van der Waals surface area contributed by atoms with E-state index in [1.165, 1.54) is 38.5 Å². The Balaban J connectivity index is 2.63. The van der Waals surface area contributed by atoms with Gasteiger partial charge in [-0.15, -0.1) is 0 Å². The van der Waals surface area contributed by atoms with E-state index in [9.17, 15) is 0 Å². The molecule has 0 radical (unpaired) electrons. The first kappa shape index (κ1) is 22.5. The van der Waals surface area contributed by atoms with Crippen LogP contribution in [0.15, 0.2) is 12.1 Å². The number of hydrogen-bond acceptors (Lipinski definition) is 4. The molecule has 0 spiro atoms. The van der Waals surface area contributed by atoms with Crippen molar-refractivity contribution < 1.29 is 9.47 Å². The van der Waals surface area contributed by atoms with Gasteiger partial charge in [-0.25, -0.2) is 0 Å². The third-order valence-corrected chi connectivity index (χ3v) is 5.18. The fourth-order valence-corrected chi connectivity index (χ4v) is 3.05. The number of ether oxygens (including phenoxy) is 2. The number of hydrogen-bond donors (Lipinski definition) is 2. The monoisotopic (exact) mass is 364 g/mol. The molecule has 0 saturated carbocycles. The zero-order valence-corrected chi connectivity index (χ0v) is 17.4. The molecular weight excluding hydrogens is 324 g/mol. The molecule has 1 rings (SSSR count). The van der Waals surface area contributed by atoms with E-state index in [1.807, 2.05) is 12.1 Å². The van der Waals surface area contributed by atoms with E-state index in [0.717, 1.165) is 12.8 Å². The van der Waals surface area contributed by atoms with Crippen molar-refractivity contribution in [2.24, 2.45) is 11.8 Å². The molecule has 2 unspecified atom stereocenters. The lowest BCUT2D eigenvalue weighted by Crippen LogP contribution is -2.14. The number of rotatable bonds is 14. The summed E-state index contributed by atoms with van der Waals surface area (Å²) < 4.78 is 11.9. The number of nitrogen functional groups attached to an aromatic ring is 2. The quantitative estimate of drug-likeness (QED) is 0.395. The number of unbranched alkanes of at least 4 members (excludes halogenated alkanes) is 2. The lowest BCUT2D eigenvalue weighted by Gasteiger charge is -2.19. The molecule has 4 N–H and O–H groups in total. The third-order valence-electron chi connectivity index (χ3n) is 5.18. The lowest BCUT2D eigenvalue weighted by molar-refractivity contribution is 0.229. The zero-order valence-electron chi connectivity index (χ0n) is 17.4. The fourth-order valence-electron chi connectivity index (χ4n) is 3.05. The van der Waals surface area contributed by atoms with E-state index in [-0.39, 0.29) is 0 Å². The van der Waals surface area contributed by atoms with Crippen LogP contribution in [0.2, 0.25) is 0 Å². The van der Waals surface area contributed by atoms with Crippen molar-refractivity contribution in [3.8, 4) is 11.5 Å². The van der Waals surface area contributed by atoms with Crippen molar-refractivity contribution in [3.05, 3.63) is 12.1 Å². The smallest absolute Gasteiger partial charge is 0.144 e. The van der Waals surface area contributed by atoms with Gasteiger partial charge in [0, 0.05) is 12.1 Å². The number of nitrogens with two attached hydrogens (primary N) is 2. The normalized spacial score (nSPS) is 13.4.